The van der Waals surface area contributed by atoms with Crippen molar-refractivity contribution in [3.05, 3.63) is 35.7 Å². The van der Waals surface area contributed by atoms with Crippen molar-refractivity contribution in [3.8, 4) is 0 Å². The fraction of sp³-hybridized carbons (Fsp3) is 0.533. The van der Waals surface area contributed by atoms with E-state index in [4.69, 9.17) is 0 Å². The molecule has 1 aliphatic carbocycles. The summed E-state index contributed by atoms with van der Waals surface area (Å²) in [7, 11) is 2.03. The minimum absolute atomic E-state index is 0.782. The van der Waals surface area contributed by atoms with E-state index in [9.17, 15) is 0 Å². The Balaban J connectivity index is 2.12. The maximum atomic E-state index is 4.07. The van der Waals surface area contributed by atoms with Crippen LogP contribution in [0.4, 0.5) is 0 Å². The van der Waals surface area contributed by atoms with Crippen LogP contribution in [0, 0.1) is 5.92 Å². The van der Waals surface area contributed by atoms with Gasteiger partial charge in [-0.2, -0.15) is 0 Å². The summed E-state index contributed by atoms with van der Waals surface area (Å²) in [5.74, 6) is 0.782. The molecule has 1 aliphatic rings. The number of rotatable bonds is 4. The Kier molecular flexibility index (Phi) is 4.75. The van der Waals surface area contributed by atoms with Crippen LogP contribution < -0.4 is 5.32 Å². The van der Waals surface area contributed by atoms with E-state index in [0.717, 1.165) is 12.5 Å². The van der Waals surface area contributed by atoms with Gasteiger partial charge in [0.1, 0.15) is 0 Å². The number of nitrogens with one attached hydrogen (secondary N) is 1. The molecule has 2 heteroatoms. The van der Waals surface area contributed by atoms with Crippen LogP contribution in [-0.2, 0) is 0 Å². The predicted octanol–water partition coefficient (Wildman–Crippen LogP) is 3.26. The Hall–Kier alpha value is -1.15. The predicted molar refractivity (Wildman–Crippen MR) is 72.7 cm³/mol. The van der Waals surface area contributed by atoms with Gasteiger partial charge in [-0.15, -0.1) is 0 Å². The number of hydrogen-bond acceptors (Lipinski definition) is 2. The van der Waals surface area contributed by atoms with Crippen molar-refractivity contribution >= 4 is 6.08 Å². The minimum Gasteiger partial charge on any atom is -0.316 e. The summed E-state index contributed by atoms with van der Waals surface area (Å²) in [6.45, 7) is 1.01. The first-order valence-electron chi connectivity index (χ1n) is 6.65. The molecule has 0 atom stereocenters. The molecule has 0 unspecified atom stereocenters. The summed E-state index contributed by atoms with van der Waals surface area (Å²) in [6, 6.07) is 4.16. The highest BCUT2D eigenvalue weighted by atomic mass is 14.8. The number of aromatic nitrogens is 1. The topological polar surface area (TPSA) is 24.9 Å². The van der Waals surface area contributed by atoms with Gasteiger partial charge in [-0.3, -0.25) is 4.98 Å². The van der Waals surface area contributed by atoms with Gasteiger partial charge < -0.3 is 5.32 Å². The molecular weight excluding hydrogens is 208 g/mol. The third kappa shape index (κ3) is 3.67. The van der Waals surface area contributed by atoms with E-state index in [1.807, 2.05) is 19.4 Å². The molecule has 1 N–H and O–H groups in total. The SMILES string of the molecule is CNCC(=Cc1ccncc1)C1CCCCC1. The lowest BCUT2D eigenvalue weighted by molar-refractivity contribution is 0.398. The average Bonchev–Trinajstić information content (AvgIpc) is 2.40. The van der Waals surface area contributed by atoms with Gasteiger partial charge >= 0.3 is 0 Å². The number of nitrogens with zero attached hydrogens (tertiary/aromatic N) is 1. The van der Waals surface area contributed by atoms with Crippen LogP contribution in [0.1, 0.15) is 37.7 Å². The Labute approximate surface area is 104 Å². The highest BCUT2D eigenvalue weighted by molar-refractivity contribution is 5.53. The van der Waals surface area contributed by atoms with Crippen LogP contribution >= 0.6 is 0 Å². The molecule has 0 spiro atoms. The van der Waals surface area contributed by atoms with Gasteiger partial charge in [0.15, 0.2) is 0 Å². The standard InChI is InChI=1S/C15H22N2/c1-16-12-15(14-5-3-2-4-6-14)11-13-7-9-17-10-8-13/h7-11,14,16H,2-6,12H2,1H3. The molecule has 1 heterocycles. The zero-order valence-electron chi connectivity index (χ0n) is 10.7. The molecule has 0 aromatic carbocycles. The van der Waals surface area contributed by atoms with E-state index in [-0.39, 0.29) is 0 Å². The molecule has 0 saturated heterocycles. The second kappa shape index (κ2) is 6.55. The van der Waals surface area contributed by atoms with Gasteiger partial charge in [0.05, 0.1) is 0 Å². The zero-order valence-corrected chi connectivity index (χ0v) is 10.7. The molecule has 0 radical (unpaired) electrons. The molecule has 1 aromatic rings. The summed E-state index contributed by atoms with van der Waals surface area (Å²) in [4.78, 5) is 4.07. The first kappa shape index (κ1) is 12.3. The van der Waals surface area contributed by atoms with Gasteiger partial charge in [-0.05, 0) is 43.5 Å². The zero-order chi connectivity index (χ0) is 11.9. The molecule has 2 rings (SSSR count). The van der Waals surface area contributed by atoms with Crippen molar-refractivity contribution < 1.29 is 0 Å². The molecule has 0 bridgehead atoms. The lowest BCUT2D eigenvalue weighted by atomic mass is 9.83. The summed E-state index contributed by atoms with van der Waals surface area (Å²) < 4.78 is 0. The van der Waals surface area contributed by atoms with Crippen molar-refractivity contribution in [1.82, 2.24) is 10.3 Å². The monoisotopic (exact) mass is 230 g/mol. The smallest absolute Gasteiger partial charge is 0.0273 e. The molecule has 92 valence electrons. The van der Waals surface area contributed by atoms with Crippen molar-refractivity contribution in [2.45, 2.75) is 32.1 Å². The number of likely N-dealkylation sites (N-methyl/N-ethyl adjacent to an activating group) is 1. The van der Waals surface area contributed by atoms with Crippen LogP contribution in [0.25, 0.3) is 6.08 Å². The highest BCUT2D eigenvalue weighted by Gasteiger charge is 2.17. The van der Waals surface area contributed by atoms with Crippen molar-refractivity contribution in [3.63, 3.8) is 0 Å². The molecular formula is C15H22N2. The maximum absolute atomic E-state index is 4.07. The van der Waals surface area contributed by atoms with E-state index in [2.05, 4.69) is 28.5 Å². The first-order chi connectivity index (χ1) is 8.40. The Morgan fingerprint density at radius 1 is 1.29 bits per heavy atom. The Bertz CT molecular complexity index is 350. The van der Waals surface area contributed by atoms with Crippen molar-refractivity contribution in [1.29, 1.82) is 0 Å². The molecule has 2 nitrogen and oxygen atoms in total. The normalized spacial score (nSPS) is 18.3. The maximum Gasteiger partial charge on any atom is 0.0273 e. The summed E-state index contributed by atoms with van der Waals surface area (Å²) in [5, 5.41) is 3.30. The third-order valence-corrected chi connectivity index (χ3v) is 3.57. The third-order valence-electron chi connectivity index (χ3n) is 3.57. The molecule has 1 aromatic heterocycles. The highest BCUT2D eigenvalue weighted by Crippen LogP contribution is 2.30. The van der Waals surface area contributed by atoms with Gasteiger partial charge in [0, 0.05) is 18.9 Å². The molecule has 1 saturated carbocycles. The summed E-state index contributed by atoms with van der Waals surface area (Å²) in [6.07, 6.45) is 13.0. The van der Waals surface area contributed by atoms with Crippen LogP contribution in [0.5, 0.6) is 0 Å². The molecule has 0 aliphatic heterocycles. The van der Waals surface area contributed by atoms with E-state index < -0.39 is 0 Å². The number of hydrogen-bond donors (Lipinski definition) is 1. The van der Waals surface area contributed by atoms with Crippen LogP contribution in [0.15, 0.2) is 30.1 Å². The first-order valence-corrected chi connectivity index (χ1v) is 6.65. The lowest BCUT2D eigenvalue weighted by Crippen LogP contribution is -2.19. The van der Waals surface area contributed by atoms with Gasteiger partial charge in [0.25, 0.3) is 0 Å². The molecule has 17 heavy (non-hydrogen) atoms. The van der Waals surface area contributed by atoms with Crippen LogP contribution in [-0.4, -0.2) is 18.6 Å². The van der Waals surface area contributed by atoms with Crippen molar-refractivity contribution in [2.75, 3.05) is 13.6 Å². The van der Waals surface area contributed by atoms with Crippen LogP contribution in [0.3, 0.4) is 0 Å². The van der Waals surface area contributed by atoms with E-state index >= 15 is 0 Å². The van der Waals surface area contributed by atoms with Crippen molar-refractivity contribution in [2.24, 2.45) is 5.92 Å². The minimum atomic E-state index is 0.782. The molecule has 1 fully saturated rings. The summed E-state index contributed by atoms with van der Waals surface area (Å²) in [5.41, 5.74) is 2.83. The van der Waals surface area contributed by atoms with Gasteiger partial charge in [-0.1, -0.05) is 30.9 Å². The molecule has 0 amide bonds. The lowest BCUT2D eigenvalue weighted by Gasteiger charge is -2.24. The van der Waals surface area contributed by atoms with Gasteiger partial charge in [-0.25, -0.2) is 0 Å². The van der Waals surface area contributed by atoms with E-state index in [1.54, 1.807) is 5.57 Å². The Morgan fingerprint density at radius 2 is 2.00 bits per heavy atom. The quantitative estimate of drug-likeness (QED) is 0.858. The fourth-order valence-corrected chi connectivity index (χ4v) is 2.66. The fourth-order valence-electron chi connectivity index (χ4n) is 2.66. The second-order valence-electron chi connectivity index (χ2n) is 4.87. The summed E-state index contributed by atoms with van der Waals surface area (Å²) >= 11 is 0. The largest absolute Gasteiger partial charge is 0.316 e. The van der Waals surface area contributed by atoms with E-state index in [1.165, 1.54) is 37.7 Å². The Morgan fingerprint density at radius 3 is 2.65 bits per heavy atom. The average molecular weight is 230 g/mol. The second-order valence-corrected chi connectivity index (χ2v) is 4.87. The van der Waals surface area contributed by atoms with Gasteiger partial charge in [0.2, 0.25) is 0 Å². The van der Waals surface area contributed by atoms with Crippen LogP contribution in [0.2, 0.25) is 0 Å². The van der Waals surface area contributed by atoms with E-state index in [0.29, 0.717) is 0 Å². The number of pyridine rings is 1.